The number of aromatic nitrogens is 4. The summed E-state index contributed by atoms with van der Waals surface area (Å²) in [5.74, 6) is 0.597. The molecule has 156 valence electrons. The Morgan fingerprint density at radius 1 is 1.33 bits per heavy atom. The van der Waals surface area contributed by atoms with Crippen LogP contribution >= 0.6 is 0 Å². The Morgan fingerprint density at radius 2 is 2.17 bits per heavy atom. The predicted octanol–water partition coefficient (Wildman–Crippen LogP) is 5.13. The number of nitrogens with one attached hydrogen (secondary N) is 2. The normalized spacial score (nSPS) is 15.8. The molecule has 0 aliphatic carbocycles. The van der Waals surface area contributed by atoms with Gasteiger partial charge in [-0.3, -0.25) is 4.68 Å². The third-order valence-electron chi connectivity index (χ3n) is 5.49. The van der Waals surface area contributed by atoms with Crippen molar-refractivity contribution in [2.45, 2.75) is 52.6 Å². The lowest BCUT2D eigenvalue weighted by Crippen LogP contribution is -2.30. The molecular weight excluding hydrogens is 372 g/mol. The van der Waals surface area contributed by atoms with E-state index >= 15 is 0 Å². The first-order valence-electron chi connectivity index (χ1n) is 10.6. The molecule has 30 heavy (non-hydrogen) atoms. The molecular formula is C24H30N6. The summed E-state index contributed by atoms with van der Waals surface area (Å²) in [4.78, 5) is 9.27. The Morgan fingerprint density at radius 3 is 2.90 bits per heavy atom. The van der Waals surface area contributed by atoms with Crippen molar-refractivity contribution in [1.29, 1.82) is 0 Å². The lowest BCUT2D eigenvalue weighted by atomic mass is 9.90. The van der Waals surface area contributed by atoms with E-state index in [4.69, 9.17) is 4.98 Å². The molecule has 4 rings (SSSR count). The van der Waals surface area contributed by atoms with Gasteiger partial charge in [0.15, 0.2) is 0 Å². The molecule has 1 aliphatic heterocycles. The van der Waals surface area contributed by atoms with Crippen molar-refractivity contribution in [3.05, 3.63) is 65.6 Å². The van der Waals surface area contributed by atoms with E-state index < -0.39 is 0 Å². The number of fused-ring (bicyclic) bond motifs is 1. The van der Waals surface area contributed by atoms with Crippen LogP contribution in [0.5, 0.6) is 0 Å². The highest BCUT2D eigenvalue weighted by molar-refractivity contribution is 5.64. The molecule has 2 aromatic heterocycles. The van der Waals surface area contributed by atoms with Crippen molar-refractivity contribution in [2.24, 2.45) is 0 Å². The molecule has 0 saturated heterocycles. The maximum Gasteiger partial charge on any atom is 0.227 e. The summed E-state index contributed by atoms with van der Waals surface area (Å²) >= 11 is 0. The van der Waals surface area contributed by atoms with Gasteiger partial charge in [-0.1, -0.05) is 11.6 Å². The zero-order valence-corrected chi connectivity index (χ0v) is 18.2. The van der Waals surface area contributed by atoms with Gasteiger partial charge in [0.25, 0.3) is 0 Å². The third-order valence-corrected chi connectivity index (χ3v) is 5.49. The van der Waals surface area contributed by atoms with E-state index in [0.717, 1.165) is 41.9 Å². The Labute approximate surface area is 178 Å². The second kappa shape index (κ2) is 8.40. The molecule has 6 nitrogen and oxygen atoms in total. The number of anilines is 2. The number of aryl methyl sites for hydroxylation is 1. The van der Waals surface area contributed by atoms with Gasteiger partial charge in [-0.2, -0.15) is 5.10 Å². The smallest absolute Gasteiger partial charge is 0.227 e. The summed E-state index contributed by atoms with van der Waals surface area (Å²) < 4.78 is 1.95. The average molecular weight is 403 g/mol. The highest BCUT2D eigenvalue weighted by Crippen LogP contribution is 2.30. The SMILES string of the molecule is C=C(C)CC1NCCc2cc(Nc3ncc(C)c(-c4cnn(C(C)C)c4)n3)ccc21. The van der Waals surface area contributed by atoms with Crippen LogP contribution in [0.4, 0.5) is 11.6 Å². The Kier molecular flexibility index (Phi) is 5.68. The van der Waals surface area contributed by atoms with Crippen LogP contribution in [0.25, 0.3) is 11.3 Å². The largest absolute Gasteiger partial charge is 0.324 e. The molecule has 0 bridgehead atoms. The predicted molar refractivity (Wildman–Crippen MR) is 122 cm³/mol. The van der Waals surface area contributed by atoms with Gasteiger partial charge in [0.1, 0.15) is 0 Å². The van der Waals surface area contributed by atoms with Crippen LogP contribution in [0, 0.1) is 6.92 Å². The number of hydrogen-bond donors (Lipinski definition) is 2. The number of benzene rings is 1. The summed E-state index contributed by atoms with van der Waals surface area (Å²) in [5, 5.41) is 11.4. The van der Waals surface area contributed by atoms with Gasteiger partial charge in [-0.15, -0.1) is 6.58 Å². The van der Waals surface area contributed by atoms with Crippen molar-refractivity contribution in [3.63, 3.8) is 0 Å². The lowest BCUT2D eigenvalue weighted by Gasteiger charge is -2.27. The Balaban J connectivity index is 1.58. The summed E-state index contributed by atoms with van der Waals surface area (Å²) in [6.07, 6.45) is 7.76. The van der Waals surface area contributed by atoms with Crippen LogP contribution < -0.4 is 10.6 Å². The topological polar surface area (TPSA) is 67.7 Å². The van der Waals surface area contributed by atoms with Gasteiger partial charge in [0.2, 0.25) is 5.95 Å². The van der Waals surface area contributed by atoms with E-state index in [1.807, 2.05) is 30.2 Å². The van der Waals surface area contributed by atoms with Crippen LogP contribution in [0.3, 0.4) is 0 Å². The fourth-order valence-corrected chi connectivity index (χ4v) is 3.93. The minimum absolute atomic E-state index is 0.317. The first kappa shape index (κ1) is 20.3. The van der Waals surface area contributed by atoms with E-state index in [0.29, 0.717) is 18.0 Å². The zero-order valence-electron chi connectivity index (χ0n) is 18.2. The molecule has 0 amide bonds. The fraction of sp³-hybridized carbons (Fsp3) is 0.375. The van der Waals surface area contributed by atoms with Gasteiger partial charge >= 0.3 is 0 Å². The monoisotopic (exact) mass is 402 g/mol. The zero-order chi connectivity index (χ0) is 21.3. The van der Waals surface area contributed by atoms with Gasteiger partial charge in [-0.25, -0.2) is 9.97 Å². The van der Waals surface area contributed by atoms with Gasteiger partial charge in [0.05, 0.1) is 11.9 Å². The van der Waals surface area contributed by atoms with Crippen molar-refractivity contribution < 1.29 is 0 Å². The molecule has 1 unspecified atom stereocenters. The average Bonchev–Trinajstić information content (AvgIpc) is 3.19. The highest BCUT2D eigenvalue weighted by Gasteiger charge is 2.20. The van der Waals surface area contributed by atoms with E-state index in [2.05, 4.69) is 66.3 Å². The first-order valence-corrected chi connectivity index (χ1v) is 10.6. The minimum atomic E-state index is 0.317. The quantitative estimate of drug-likeness (QED) is 0.560. The van der Waals surface area contributed by atoms with Gasteiger partial charge in [-0.05, 0) is 75.9 Å². The fourth-order valence-electron chi connectivity index (χ4n) is 3.93. The van der Waals surface area contributed by atoms with Gasteiger partial charge < -0.3 is 10.6 Å². The second-order valence-corrected chi connectivity index (χ2v) is 8.48. The summed E-state index contributed by atoms with van der Waals surface area (Å²) in [7, 11) is 0. The maximum absolute atomic E-state index is 4.78. The molecule has 0 saturated carbocycles. The van der Waals surface area contributed by atoms with E-state index in [9.17, 15) is 0 Å². The third kappa shape index (κ3) is 4.28. The van der Waals surface area contributed by atoms with Crippen molar-refractivity contribution in [3.8, 4) is 11.3 Å². The number of hydrogen-bond acceptors (Lipinski definition) is 5. The molecule has 1 aliphatic rings. The van der Waals surface area contributed by atoms with Gasteiger partial charge in [0, 0.05) is 35.7 Å². The second-order valence-electron chi connectivity index (χ2n) is 8.48. The minimum Gasteiger partial charge on any atom is -0.324 e. The van der Waals surface area contributed by atoms with Crippen LogP contribution in [-0.4, -0.2) is 26.3 Å². The standard InChI is InChI=1S/C24H30N6/c1-15(2)10-22-21-7-6-20(11-18(21)8-9-25-22)28-24-26-12-17(5)23(29-24)19-13-27-30(14-19)16(3)4/h6-7,11-14,16,22,25H,1,8-10H2,2-5H3,(H,26,28,29). The Hall–Kier alpha value is -2.99. The maximum atomic E-state index is 4.78. The molecule has 6 heteroatoms. The molecule has 0 fully saturated rings. The van der Waals surface area contributed by atoms with Crippen LogP contribution in [0.1, 0.15) is 56.0 Å². The number of nitrogens with zero attached hydrogens (tertiary/aromatic N) is 4. The molecule has 3 aromatic rings. The summed E-state index contributed by atoms with van der Waals surface area (Å²) in [6, 6.07) is 7.20. The first-order chi connectivity index (χ1) is 14.4. The molecule has 2 N–H and O–H groups in total. The van der Waals surface area contributed by atoms with E-state index in [-0.39, 0.29) is 0 Å². The van der Waals surface area contributed by atoms with E-state index in [1.165, 1.54) is 16.7 Å². The molecule has 3 heterocycles. The van der Waals surface area contributed by atoms with Crippen LogP contribution in [0.2, 0.25) is 0 Å². The highest BCUT2D eigenvalue weighted by atomic mass is 15.3. The van der Waals surface area contributed by atoms with E-state index in [1.54, 1.807) is 0 Å². The molecule has 1 aromatic carbocycles. The summed E-state index contributed by atoms with van der Waals surface area (Å²) in [5.41, 5.74) is 7.88. The molecule has 0 radical (unpaired) electrons. The number of rotatable bonds is 6. The Bertz CT molecular complexity index is 1070. The van der Waals surface area contributed by atoms with Crippen molar-refractivity contribution >= 4 is 11.6 Å². The van der Waals surface area contributed by atoms with Crippen LogP contribution in [0.15, 0.2) is 48.9 Å². The van der Waals surface area contributed by atoms with Crippen molar-refractivity contribution in [1.82, 2.24) is 25.1 Å². The lowest BCUT2D eigenvalue weighted by molar-refractivity contribution is 0.502. The molecule has 0 spiro atoms. The van der Waals surface area contributed by atoms with Crippen molar-refractivity contribution in [2.75, 3.05) is 11.9 Å². The van der Waals surface area contributed by atoms with Crippen LogP contribution in [-0.2, 0) is 6.42 Å². The molecule has 1 atom stereocenters. The summed E-state index contributed by atoms with van der Waals surface area (Å²) in [6.45, 7) is 13.4.